The van der Waals surface area contributed by atoms with Crippen LogP contribution in [0.3, 0.4) is 0 Å². The minimum Gasteiger partial charge on any atom is -0.480 e. The first-order chi connectivity index (χ1) is 10.2. The zero-order chi connectivity index (χ0) is 14.8. The van der Waals surface area contributed by atoms with Gasteiger partial charge in [0, 0.05) is 17.5 Å². The van der Waals surface area contributed by atoms with Gasteiger partial charge in [-0.1, -0.05) is 18.2 Å². The highest BCUT2D eigenvalue weighted by atomic mass is 16.5. The predicted octanol–water partition coefficient (Wildman–Crippen LogP) is 1.73. The number of aliphatic hydroxyl groups is 1. The maximum atomic E-state index is 11.7. The Morgan fingerprint density at radius 1 is 1.33 bits per heavy atom. The molecule has 3 rings (SSSR count). The van der Waals surface area contributed by atoms with Crippen LogP contribution in [0.25, 0.3) is 11.0 Å². The number of methoxy groups -OCH3 is 1. The normalized spacial score (nSPS) is 12.5. The molecule has 21 heavy (non-hydrogen) atoms. The SMILES string of the molecule is COc1ccc(=O)n(CC(O)c2cc3ccccc3o2)n1. The van der Waals surface area contributed by atoms with Crippen LogP contribution in [0, 0.1) is 0 Å². The maximum absolute atomic E-state index is 11.7. The van der Waals surface area contributed by atoms with Crippen LogP contribution in [0.4, 0.5) is 0 Å². The third kappa shape index (κ3) is 2.66. The number of aliphatic hydroxyl groups excluding tert-OH is 1. The number of fused-ring (bicyclic) bond motifs is 1. The number of para-hydroxylation sites is 1. The highest BCUT2D eigenvalue weighted by molar-refractivity contribution is 5.77. The van der Waals surface area contributed by atoms with Crippen molar-refractivity contribution in [2.24, 2.45) is 0 Å². The van der Waals surface area contributed by atoms with Gasteiger partial charge >= 0.3 is 0 Å². The van der Waals surface area contributed by atoms with Gasteiger partial charge < -0.3 is 14.3 Å². The van der Waals surface area contributed by atoms with Crippen LogP contribution < -0.4 is 10.3 Å². The molecular weight excluding hydrogens is 272 g/mol. The molecule has 1 N–H and O–H groups in total. The Morgan fingerprint density at radius 3 is 2.90 bits per heavy atom. The molecule has 1 atom stereocenters. The van der Waals surface area contributed by atoms with E-state index in [1.807, 2.05) is 24.3 Å². The predicted molar refractivity (Wildman–Crippen MR) is 76.2 cm³/mol. The van der Waals surface area contributed by atoms with Crippen LogP contribution in [-0.4, -0.2) is 22.0 Å². The molecule has 1 unspecified atom stereocenters. The van der Waals surface area contributed by atoms with Crippen molar-refractivity contribution in [2.45, 2.75) is 12.6 Å². The van der Waals surface area contributed by atoms with Gasteiger partial charge in [-0.2, -0.15) is 0 Å². The molecule has 0 amide bonds. The van der Waals surface area contributed by atoms with E-state index in [9.17, 15) is 9.90 Å². The molecular formula is C15H14N2O4. The number of benzene rings is 1. The van der Waals surface area contributed by atoms with Crippen molar-refractivity contribution in [1.82, 2.24) is 9.78 Å². The third-order valence-electron chi connectivity index (χ3n) is 3.17. The first-order valence-corrected chi connectivity index (χ1v) is 6.46. The molecule has 1 aromatic carbocycles. The van der Waals surface area contributed by atoms with Crippen molar-refractivity contribution in [1.29, 1.82) is 0 Å². The molecule has 0 aliphatic heterocycles. The van der Waals surface area contributed by atoms with E-state index in [4.69, 9.17) is 9.15 Å². The lowest BCUT2D eigenvalue weighted by Gasteiger charge is -2.09. The lowest BCUT2D eigenvalue weighted by atomic mass is 10.2. The molecule has 3 aromatic rings. The Balaban J connectivity index is 1.89. The second-order valence-electron chi connectivity index (χ2n) is 4.60. The Hall–Kier alpha value is -2.60. The van der Waals surface area contributed by atoms with Gasteiger partial charge in [-0.05, 0) is 12.1 Å². The first-order valence-electron chi connectivity index (χ1n) is 6.46. The molecule has 0 aliphatic rings. The summed E-state index contributed by atoms with van der Waals surface area (Å²) in [6.07, 6.45) is -0.963. The summed E-state index contributed by atoms with van der Waals surface area (Å²) in [5.74, 6) is 0.708. The molecule has 2 heterocycles. The van der Waals surface area contributed by atoms with Gasteiger partial charge in [0.15, 0.2) is 0 Å². The Labute approximate surface area is 120 Å². The smallest absolute Gasteiger partial charge is 0.267 e. The number of nitrogens with zero attached hydrogens (tertiary/aromatic N) is 2. The van der Waals surface area contributed by atoms with E-state index in [1.165, 1.54) is 19.2 Å². The van der Waals surface area contributed by atoms with E-state index in [0.29, 0.717) is 17.2 Å². The maximum Gasteiger partial charge on any atom is 0.267 e. The van der Waals surface area contributed by atoms with Crippen LogP contribution in [0.2, 0.25) is 0 Å². The summed E-state index contributed by atoms with van der Waals surface area (Å²) >= 11 is 0. The van der Waals surface area contributed by atoms with Crippen LogP contribution in [0.1, 0.15) is 11.9 Å². The molecule has 6 nitrogen and oxygen atoms in total. The second kappa shape index (κ2) is 5.41. The standard InChI is InChI=1S/C15H14N2O4/c1-20-14-6-7-15(19)17(16-14)9-11(18)13-8-10-4-2-3-5-12(10)21-13/h2-8,11,18H,9H2,1H3. The number of ether oxygens (including phenoxy) is 1. The van der Waals surface area contributed by atoms with E-state index >= 15 is 0 Å². The summed E-state index contributed by atoms with van der Waals surface area (Å²) in [6, 6.07) is 12.0. The first kappa shape index (κ1) is 13.4. The minimum absolute atomic E-state index is 0.00411. The molecule has 0 spiro atoms. The fourth-order valence-electron chi connectivity index (χ4n) is 2.09. The van der Waals surface area contributed by atoms with Crippen molar-refractivity contribution in [2.75, 3.05) is 7.11 Å². The van der Waals surface area contributed by atoms with Crippen LogP contribution >= 0.6 is 0 Å². The summed E-state index contributed by atoms with van der Waals surface area (Å²) < 4.78 is 11.7. The van der Waals surface area contributed by atoms with Gasteiger partial charge in [-0.15, -0.1) is 5.10 Å². The summed E-state index contributed by atoms with van der Waals surface area (Å²) in [7, 11) is 1.47. The Morgan fingerprint density at radius 2 is 2.14 bits per heavy atom. The van der Waals surface area contributed by atoms with E-state index in [1.54, 1.807) is 6.07 Å². The molecule has 0 saturated heterocycles. The van der Waals surface area contributed by atoms with Crippen molar-refractivity contribution in [3.63, 3.8) is 0 Å². The van der Waals surface area contributed by atoms with Gasteiger partial charge in [0.25, 0.3) is 5.56 Å². The minimum atomic E-state index is -0.963. The fraction of sp³-hybridized carbons (Fsp3) is 0.200. The molecule has 6 heteroatoms. The fourth-order valence-corrected chi connectivity index (χ4v) is 2.09. The monoisotopic (exact) mass is 286 g/mol. The van der Waals surface area contributed by atoms with Crippen LogP contribution in [0.5, 0.6) is 5.88 Å². The van der Waals surface area contributed by atoms with Crippen molar-refractivity contribution in [3.05, 3.63) is 58.6 Å². The van der Waals surface area contributed by atoms with E-state index in [-0.39, 0.29) is 12.1 Å². The van der Waals surface area contributed by atoms with Gasteiger partial charge in [0.1, 0.15) is 17.4 Å². The van der Waals surface area contributed by atoms with Crippen LogP contribution in [-0.2, 0) is 6.54 Å². The highest BCUT2D eigenvalue weighted by Gasteiger charge is 2.15. The van der Waals surface area contributed by atoms with Crippen molar-refractivity contribution < 1.29 is 14.3 Å². The summed E-state index contributed by atoms with van der Waals surface area (Å²) in [4.78, 5) is 11.7. The molecule has 108 valence electrons. The van der Waals surface area contributed by atoms with Gasteiger partial charge in [-0.3, -0.25) is 4.79 Å². The van der Waals surface area contributed by atoms with Gasteiger partial charge in [0.05, 0.1) is 13.7 Å². The van der Waals surface area contributed by atoms with Gasteiger partial charge in [-0.25, -0.2) is 4.68 Å². The molecule has 0 saturated carbocycles. The molecule has 0 fully saturated rings. The van der Waals surface area contributed by atoms with E-state index < -0.39 is 6.10 Å². The molecule has 0 bridgehead atoms. The largest absolute Gasteiger partial charge is 0.480 e. The molecule has 0 aliphatic carbocycles. The van der Waals surface area contributed by atoms with Crippen molar-refractivity contribution in [3.8, 4) is 5.88 Å². The third-order valence-corrected chi connectivity index (χ3v) is 3.17. The average molecular weight is 286 g/mol. The Bertz CT molecular complexity index is 789. The van der Waals surface area contributed by atoms with E-state index in [0.717, 1.165) is 10.1 Å². The van der Waals surface area contributed by atoms with Gasteiger partial charge in [0.2, 0.25) is 5.88 Å². The Kier molecular flexibility index (Phi) is 3.45. The van der Waals surface area contributed by atoms with Crippen LogP contribution in [0.15, 0.2) is 51.7 Å². The number of furan rings is 1. The zero-order valence-corrected chi connectivity index (χ0v) is 11.4. The second-order valence-corrected chi connectivity index (χ2v) is 4.60. The topological polar surface area (TPSA) is 77.5 Å². The molecule has 2 aromatic heterocycles. The lowest BCUT2D eigenvalue weighted by molar-refractivity contribution is 0.125. The summed E-state index contributed by atoms with van der Waals surface area (Å²) in [6.45, 7) is -0.00411. The molecule has 0 radical (unpaired) electrons. The van der Waals surface area contributed by atoms with Crippen molar-refractivity contribution >= 4 is 11.0 Å². The number of rotatable bonds is 4. The summed E-state index contributed by atoms with van der Waals surface area (Å²) in [5, 5.41) is 15.1. The number of aromatic nitrogens is 2. The number of hydrogen-bond acceptors (Lipinski definition) is 5. The summed E-state index contributed by atoms with van der Waals surface area (Å²) in [5.41, 5.74) is 0.378. The lowest BCUT2D eigenvalue weighted by Crippen LogP contribution is -2.25. The highest BCUT2D eigenvalue weighted by Crippen LogP contribution is 2.24. The average Bonchev–Trinajstić information content (AvgIpc) is 2.93. The quantitative estimate of drug-likeness (QED) is 0.790. The zero-order valence-electron chi connectivity index (χ0n) is 11.4. The number of hydrogen-bond donors (Lipinski definition) is 1. The van der Waals surface area contributed by atoms with E-state index in [2.05, 4.69) is 5.10 Å².